The highest BCUT2D eigenvalue weighted by molar-refractivity contribution is 5.58. The third kappa shape index (κ3) is 12.7. The Hall–Kier alpha value is -0.770. The first-order valence-electron chi connectivity index (χ1n) is 7.73. The Morgan fingerprint density at radius 1 is 0.952 bits per heavy atom. The second-order valence-corrected chi connectivity index (χ2v) is 9.09. The van der Waals surface area contributed by atoms with Crippen molar-refractivity contribution in [2.24, 2.45) is 16.7 Å². The van der Waals surface area contributed by atoms with Gasteiger partial charge in [0.05, 0.1) is 6.61 Å². The highest BCUT2D eigenvalue weighted by atomic mass is 17.2. The van der Waals surface area contributed by atoms with E-state index in [1.165, 1.54) is 0 Å². The number of carbonyl (C=O) groups excluding carboxylic acids is 1. The van der Waals surface area contributed by atoms with E-state index in [0.717, 1.165) is 12.8 Å². The maximum absolute atomic E-state index is 11.6. The molecule has 126 valence electrons. The normalized spacial score (nSPS) is 14.7. The molecule has 1 unspecified atom stereocenters. The third-order valence-corrected chi connectivity index (χ3v) is 2.74. The molecule has 0 fully saturated rings. The smallest absolute Gasteiger partial charge is 0.432 e. The Balaban J connectivity index is 4.06. The summed E-state index contributed by atoms with van der Waals surface area (Å²) in [6.45, 7) is 19.0. The molecule has 0 aliphatic rings. The molecular weight excluding hydrogens is 268 g/mol. The standard InChI is InChI=1S/C17H34O4/c1-13(10-15(2,3)4)11-19-14(18)20-21-17(8,9)12-16(5,6)7/h13H,10-12H2,1-9H3. The van der Waals surface area contributed by atoms with Gasteiger partial charge in [0, 0.05) is 0 Å². The molecule has 21 heavy (non-hydrogen) atoms. The van der Waals surface area contributed by atoms with Crippen LogP contribution in [0.4, 0.5) is 4.79 Å². The van der Waals surface area contributed by atoms with Gasteiger partial charge in [0.1, 0.15) is 5.60 Å². The van der Waals surface area contributed by atoms with Crippen LogP contribution in [-0.2, 0) is 14.5 Å². The van der Waals surface area contributed by atoms with Gasteiger partial charge in [-0.15, -0.1) is 0 Å². The highest BCUT2D eigenvalue weighted by Gasteiger charge is 2.29. The molecule has 0 amide bonds. The van der Waals surface area contributed by atoms with Crippen LogP contribution in [0.5, 0.6) is 0 Å². The van der Waals surface area contributed by atoms with Crippen molar-refractivity contribution in [3.63, 3.8) is 0 Å². The zero-order chi connectivity index (χ0) is 16.9. The lowest BCUT2D eigenvalue weighted by molar-refractivity contribution is -0.322. The fourth-order valence-corrected chi connectivity index (χ4v) is 2.79. The van der Waals surface area contributed by atoms with Crippen molar-refractivity contribution in [1.29, 1.82) is 0 Å². The van der Waals surface area contributed by atoms with Crippen LogP contribution in [0.25, 0.3) is 0 Å². The zero-order valence-corrected chi connectivity index (χ0v) is 15.3. The topological polar surface area (TPSA) is 44.8 Å². The summed E-state index contributed by atoms with van der Waals surface area (Å²) in [7, 11) is 0. The molecule has 0 N–H and O–H groups in total. The summed E-state index contributed by atoms with van der Waals surface area (Å²) < 4.78 is 5.09. The van der Waals surface area contributed by atoms with Crippen LogP contribution in [0, 0.1) is 16.7 Å². The first kappa shape index (κ1) is 20.2. The first-order valence-corrected chi connectivity index (χ1v) is 7.73. The van der Waals surface area contributed by atoms with E-state index >= 15 is 0 Å². The first-order chi connectivity index (χ1) is 9.20. The minimum Gasteiger partial charge on any atom is -0.432 e. The van der Waals surface area contributed by atoms with Gasteiger partial charge in [-0.2, -0.15) is 4.89 Å². The average molecular weight is 302 g/mol. The largest absolute Gasteiger partial charge is 0.540 e. The van der Waals surface area contributed by atoms with Crippen LogP contribution >= 0.6 is 0 Å². The van der Waals surface area contributed by atoms with Crippen LogP contribution in [0.1, 0.15) is 75.2 Å². The van der Waals surface area contributed by atoms with E-state index in [-0.39, 0.29) is 10.8 Å². The van der Waals surface area contributed by atoms with Crippen molar-refractivity contribution >= 4 is 6.16 Å². The van der Waals surface area contributed by atoms with Crippen LogP contribution in [0.2, 0.25) is 0 Å². The Morgan fingerprint density at radius 2 is 1.48 bits per heavy atom. The number of carbonyl (C=O) groups is 1. The van der Waals surface area contributed by atoms with Crippen molar-refractivity contribution in [2.75, 3.05) is 6.61 Å². The summed E-state index contributed by atoms with van der Waals surface area (Å²) in [6, 6.07) is 0. The number of hydrogen-bond acceptors (Lipinski definition) is 4. The number of rotatable bonds is 6. The molecule has 0 heterocycles. The molecule has 4 heteroatoms. The van der Waals surface area contributed by atoms with E-state index < -0.39 is 11.8 Å². The monoisotopic (exact) mass is 302 g/mol. The van der Waals surface area contributed by atoms with Crippen molar-refractivity contribution in [3.8, 4) is 0 Å². The molecule has 0 radical (unpaired) electrons. The second-order valence-electron chi connectivity index (χ2n) is 9.09. The fourth-order valence-electron chi connectivity index (χ4n) is 2.79. The van der Waals surface area contributed by atoms with Gasteiger partial charge in [0.25, 0.3) is 0 Å². The zero-order valence-electron chi connectivity index (χ0n) is 15.3. The van der Waals surface area contributed by atoms with Crippen LogP contribution in [0.15, 0.2) is 0 Å². The molecule has 0 aromatic heterocycles. The molecular formula is C17H34O4. The van der Waals surface area contributed by atoms with Gasteiger partial charge in [-0.1, -0.05) is 48.5 Å². The quantitative estimate of drug-likeness (QED) is 0.376. The minimum atomic E-state index is -0.766. The SMILES string of the molecule is CC(COC(=O)OOC(C)(C)CC(C)(C)C)CC(C)(C)C. The van der Waals surface area contributed by atoms with Crippen molar-refractivity contribution in [3.05, 3.63) is 0 Å². The van der Waals surface area contributed by atoms with Crippen molar-refractivity contribution in [1.82, 2.24) is 0 Å². The summed E-state index contributed by atoms with van der Waals surface area (Å²) in [4.78, 5) is 21.6. The van der Waals surface area contributed by atoms with E-state index in [1.807, 2.05) is 13.8 Å². The molecule has 0 aromatic carbocycles. The lowest BCUT2D eigenvalue weighted by atomic mass is 9.84. The maximum Gasteiger partial charge on any atom is 0.540 e. The molecule has 4 nitrogen and oxygen atoms in total. The van der Waals surface area contributed by atoms with E-state index in [0.29, 0.717) is 12.5 Å². The van der Waals surface area contributed by atoms with E-state index in [2.05, 4.69) is 48.5 Å². The lowest BCUT2D eigenvalue weighted by Crippen LogP contribution is -2.31. The van der Waals surface area contributed by atoms with Crippen LogP contribution in [0.3, 0.4) is 0 Å². The summed E-state index contributed by atoms with van der Waals surface area (Å²) in [5, 5.41) is 0. The number of hydrogen-bond donors (Lipinski definition) is 0. The van der Waals surface area contributed by atoms with Gasteiger partial charge in [0.15, 0.2) is 0 Å². The third-order valence-electron chi connectivity index (χ3n) is 2.74. The second kappa shape index (κ2) is 7.48. The molecule has 0 bridgehead atoms. The minimum absolute atomic E-state index is 0.0952. The van der Waals surface area contributed by atoms with Crippen LogP contribution < -0.4 is 0 Å². The highest BCUT2D eigenvalue weighted by Crippen LogP contribution is 2.29. The summed E-state index contributed by atoms with van der Waals surface area (Å²) in [5.74, 6) is 0.292. The molecule has 0 saturated heterocycles. The predicted octanol–water partition coefficient (Wildman–Crippen LogP) is 5.36. The number of ether oxygens (including phenoxy) is 1. The Bertz CT molecular complexity index is 321. The van der Waals surface area contributed by atoms with Crippen molar-refractivity contribution in [2.45, 2.75) is 80.8 Å². The molecule has 0 spiro atoms. The Kier molecular flexibility index (Phi) is 7.21. The Labute approximate surface area is 130 Å². The molecule has 0 aliphatic carbocycles. The summed E-state index contributed by atoms with van der Waals surface area (Å²) in [5.41, 5.74) is -0.218. The van der Waals surface area contributed by atoms with Gasteiger partial charge in [-0.25, -0.2) is 4.79 Å². The Morgan fingerprint density at radius 3 is 1.90 bits per heavy atom. The molecule has 0 saturated carbocycles. The predicted molar refractivity (Wildman–Crippen MR) is 84.9 cm³/mol. The van der Waals surface area contributed by atoms with Gasteiger partial charge in [-0.3, -0.25) is 4.89 Å². The van der Waals surface area contributed by atoms with Gasteiger partial charge < -0.3 is 4.74 Å². The maximum atomic E-state index is 11.6. The van der Waals surface area contributed by atoms with E-state index in [9.17, 15) is 4.79 Å². The van der Waals surface area contributed by atoms with Crippen LogP contribution in [-0.4, -0.2) is 18.4 Å². The summed E-state index contributed by atoms with van der Waals surface area (Å²) in [6.07, 6.45) is 0.988. The van der Waals surface area contributed by atoms with E-state index in [1.54, 1.807) is 0 Å². The summed E-state index contributed by atoms with van der Waals surface area (Å²) >= 11 is 0. The van der Waals surface area contributed by atoms with Gasteiger partial charge in [0.2, 0.25) is 0 Å². The van der Waals surface area contributed by atoms with Crippen molar-refractivity contribution < 1.29 is 19.3 Å². The van der Waals surface area contributed by atoms with E-state index in [4.69, 9.17) is 14.5 Å². The lowest BCUT2D eigenvalue weighted by Gasteiger charge is -2.30. The molecule has 0 aromatic rings. The molecule has 0 rings (SSSR count). The average Bonchev–Trinajstić information content (AvgIpc) is 2.17. The van der Waals surface area contributed by atoms with Gasteiger partial charge >= 0.3 is 6.16 Å². The molecule has 1 atom stereocenters. The fraction of sp³-hybridized carbons (Fsp3) is 0.941. The van der Waals surface area contributed by atoms with Gasteiger partial charge in [-0.05, 0) is 43.4 Å². The molecule has 0 aliphatic heterocycles.